The third-order valence-corrected chi connectivity index (χ3v) is 0.827. The van der Waals surface area contributed by atoms with Crippen molar-refractivity contribution in [2.45, 2.75) is 12.8 Å². The third-order valence-electron chi connectivity index (χ3n) is 0.827. The van der Waals surface area contributed by atoms with Crippen LogP contribution in [0, 0.1) is 0 Å². The van der Waals surface area contributed by atoms with Crippen LogP contribution < -0.4 is 0 Å². The van der Waals surface area contributed by atoms with E-state index < -0.39 is 0 Å². The molecule has 0 aromatic heterocycles. The van der Waals surface area contributed by atoms with Crippen LogP contribution >= 0.6 is 0 Å². The second-order valence-electron chi connectivity index (χ2n) is 1.32. The minimum absolute atomic E-state index is 0. The second kappa shape index (κ2) is 10.6. The van der Waals surface area contributed by atoms with Crippen molar-refractivity contribution in [2.24, 2.45) is 0 Å². The third kappa shape index (κ3) is 6.63. The van der Waals surface area contributed by atoms with Crippen molar-refractivity contribution in [1.82, 2.24) is 0 Å². The number of ether oxygens (including phenoxy) is 1. The molecule has 0 N–H and O–H groups in total. The molecular formula is C5H11NaO2. The molecule has 0 bridgehead atoms. The molecule has 3 heteroatoms. The van der Waals surface area contributed by atoms with Crippen molar-refractivity contribution in [3.63, 3.8) is 0 Å². The fraction of sp³-hybridized carbons (Fsp3) is 0.800. The van der Waals surface area contributed by atoms with Gasteiger partial charge < -0.3 is 9.53 Å². The molecule has 0 unspecified atom stereocenters. The average Bonchev–Trinajstić information content (AvgIpc) is 2.23. The first-order chi connectivity index (χ1) is 3.50. The van der Waals surface area contributed by atoms with Gasteiger partial charge in [-0.3, -0.25) is 0 Å². The second-order valence-corrected chi connectivity index (χ2v) is 1.32. The number of carbonyl (C=O) groups excluding carboxylic acids is 1. The van der Waals surface area contributed by atoms with Gasteiger partial charge in [0.05, 0.1) is 0 Å². The maximum atomic E-state index is 8.00. The molecule has 1 fully saturated rings. The normalized spacial score (nSPS) is 15.5. The van der Waals surface area contributed by atoms with Gasteiger partial charge >= 0.3 is 29.6 Å². The Morgan fingerprint density at radius 3 is 1.62 bits per heavy atom. The minimum atomic E-state index is 0. The molecule has 1 heterocycles. The van der Waals surface area contributed by atoms with Gasteiger partial charge in [-0.15, -0.1) is 0 Å². The van der Waals surface area contributed by atoms with Crippen molar-refractivity contribution >= 4 is 36.3 Å². The Morgan fingerprint density at radius 2 is 1.50 bits per heavy atom. The molecule has 8 heavy (non-hydrogen) atoms. The molecular weight excluding hydrogens is 115 g/mol. The van der Waals surface area contributed by atoms with Crippen molar-refractivity contribution in [3.05, 3.63) is 0 Å². The van der Waals surface area contributed by atoms with Crippen molar-refractivity contribution in [3.8, 4) is 0 Å². The van der Waals surface area contributed by atoms with Gasteiger partial charge in [-0.1, -0.05) is 0 Å². The van der Waals surface area contributed by atoms with Crippen LogP contribution in [0.2, 0.25) is 0 Å². The van der Waals surface area contributed by atoms with Gasteiger partial charge in [-0.05, 0) is 12.8 Å². The first-order valence-electron chi connectivity index (χ1n) is 2.37. The van der Waals surface area contributed by atoms with Crippen molar-refractivity contribution in [2.75, 3.05) is 13.2 Å². The van der Waals surface area contributed by atoms with E-state index in [1.807, 2.05) is 6.79 Å². The molecule has 1 saturated heterocycles. The molecule has 0 aromatic rings. The van der Waals surface area contributed by atoms with Crippen LogP contribution in [0.25, 0.3) is 0 Å². The first kappa shape index (κ1) is 11.4. The molecule has 0 saturated carbocycles. The van der Waals surface area contributed by atoms with E-state index in [9.17, 15) is 0 Å². The summed E-state index contributed by atoms with van der Waals surface area (Å²) in [6.07, 6.45) is 2.56. The fourth-order valence-corrected chi connectivity index (χ4v) is 0.510. The molecule has 0 spiro atoms. The van der Waals surface area contributed by atoms with E-state index >= 15 is 0 Å². The zero-order chi connectivity index (χ0) is 5.54. The molecule has 1 aliphatic rings. The summed E-state index contributed by atoms with van der Waals surface area (Å²) >= 11 is 0. The van der Waals surface area contributed by atoms with Crippen LogP contribution in [0.4, 0.5) is 0 Å². The SMILES string of the molecule is C1CCOC1.C=O.[NaH]. The number of carbonyl (C=O) groups is 1. The molecule has 44 valence electrons. The molecule has 0 aromatic carbocycles. The van der Waals surface area contributed by atoms with Gasteiger partial charge in [0.2, 0.25) is 0 Å². The number of hydrogen-bond acceptors (Lipinski definition) is 2. The topological polar surface area (TPSA) is 26.3 Å². The summed E-state index contributed by atoms with van der Waals surface area (Å²) in [5, 5.41) is 0. The number of rotatable bonds is 0. The van der Waals surface area contributed by atoms with Crippen molar-refractivity contribution < 1.29 is 9.53 Å². The van der Waals surface area contributed by atoms with E-state index in [4.69, 9.17) is 9.53 Å². The zero-order valence-corrected chi connectivity index (χ0v) is 4.35. The monoisotopic (exact) mass is 126 g/mol. The van der Waals surface area contributed by atoms with Gasteiger partial charge in [0.25, 0.3) is 0 Å². The van der Waals surface area contributed by atoms with Gasteiger partial charge in [-0.25, -0.2) is 0 Å². The predicted molar refractivity (Wildman–Crippen MR) is 34.3 cm³/mol. The molecule has 0 radical (unpaired) electrons. The van der Waals surface area contributed by atoms with Gasteiger partial charge in [0.1, 0.15) is 6.79 Å². The summed E-state index contributed by atoms with van der Waals surface area (Å²) < 4.78 is 4.94. The van der Waals surface area contributed by atoms with Gasteiger partial charge in [0, 0.05) is 13.2 Å². The van der Waals surface area contributed by atoms with Crippen LogP contribution in [-0.4, -0.2) is 49.6 Å². The molecule has 0 atom stereocenters. The van der Waals surface area contributed by atoms with E-state index in [1.165, 1.54) is 12.8 Å². The van der Waals surface area contributed by atoms with Crippen LogP contribution in [0.1, 0.15) is 12.8 Å². The summed E-state index contributed by atoms with van der Waals surface area (Å²) in [6, 6.07) is 0. The summed E-state index contributed by atoms with van der Waals surface area (Å²) in [7, 11) is 0. The van der Waals surface area contributed by atoms with Crippen LogP contribution in [0.3, 0.4) is 0 Å². The molecule has 0 aliphatic carbocycles. The maximum absolute atomic E-state index is 8.00. The van der Waals surface area contributed by atoms with E-state index in [0.717, 1.165) is 13.2 Å². The Kier molecular flexibility index (Phi) is 15.1. The molecule has 2 nitrogen and oxygen atoms in total. The summed E-state index contributed by atoms with van der Waals surface area (Å²) in [4.78, 5) is 8.00. The van der Waals surface area contributed by atoms with E-state index in [0.29, 0.717) is 0 Å². The van der Waals surface area contributed by atoms with Crippen molar-refractivity contribution in [1.29, 1.82) is 0 Å². The standard InChI is InChI=1S/C4H8O.CH2O.Na.H/c1-2-4-5-3-1;1-2;;/h1-4H2;1H2;;. The number of hydrogen-bond donors (Lipinski definition) is 0. The molecule has 0 amide bonds. The Balaban J connectivity index is 0. The van der Waals surface area contributed by atoms with Gasteiger partial charge in [-0.2, -0.15) is 0 Å². The van der Waals surface area contributed by atoms with Crippen LogP contribution in [0.5, 0.6) is 0 Å². The summed E-state index contributed by atoms with van der Waals surface area (Å²) in [5.74, 6) is 0. The Bertz CT molecular complexity index is 29.8. The fourth-order valence-electron chi connectivity index (χ4n) is 0.510. The summed E-state index contributed by atoms with van der Waals surface area (Å²) in [5.41, 5.74) is 0. The van der Waals surface area contributed by atoms with E-state index in [2.05, 4.69) is 0 Å². The molecule has 1 aliphatic heterocycles. The van der Waals surface area contributed by atoms with E-state index in [-0.39, 0.29) is 29.6 Å². The zero-order valence-electron chi connectivity index (χ0n) is 4.35. The van der Waals surface area contributed by atoms with Gasteiger partial charge in [0.15, 0.2) is 0 Å². The van der Waals surface area contributed by atoms with Crippen LogP contribution in [0.15, 0.2) is 0 Å². The Morgan fingerprint density at radius 1 is 1.12 bits per heavy atom. The predicted octanol–water partition coefficient (Wildman–Crippen LogP) is -0.0366. The first-order valence-corrected chi connectivity index (χ1v) is 2.37. The Labute approximate surface area is 71.9 Å². The van der Waals surface area contributed by atoms with E-state index in [1.54, 1.807) is 0 Å². The molecule has 1 rings (SSSR count). The quantitative estimate of drug-likeness (QED) is 0.426. The average molecular weight is 126 g/mol. The summed E-state index contributed by atoms with van der Waals surface area (Å²) in [6.45, 7) is 4.00. The van der Waals surface area contributed by atoms with Crippen LogP contribution in [-0.2, 0) is 9.53 Å². The Hall–Kier alpha value is 0.630.